The van der Waals surface area contributed by atoms with E-state index in [1.54, 1.807) is 0 Å². The Morgan fingerprint density at radius 2 is 1.50 bits per heavy atom. The van der Waals surface area contributed by atoms with Gasteiger partial charge in [-0.05, 0) is 17.8 Å². The van der Waals surface area contributed by atoms with E-state index in [0.29, 0.717) is 0 Å². The van der Waals surface area contributed by atoms with Crippen molar-refractivity contribution in [3.05, 3.63) is 0 Å². The number of hydrogen-bond acceptors (Lipinski definition) is 2. The Balaban J connectivity index is 1.57. The minimum atomic E-state index is -4.70. The van der Waals surface area contributed by atoms with Gasteiger partial charge in [0.05, 0.1) is 12.5 Å². The molecule has 0 radical (unpaired) electrons. The summed E-state index contributed by atoms with van der Waals surface area (Å²) >= 11 is 0. The Kier molecular flexibility index (Phi) is 0.866. The molecule has 0 bridgehead atoms. The van der Waals surface area contributed by atoms with Crippen LogP contribution >= 0.6 is 0 Å². The zero-order valence-corrected chi connectivity index (χ0v) is 8.49. The molecule has 6 fully saturated rings. The van der Waals surface area contributed by atoms with Crippen molar-refractivity contribution in [3.8, 4) is 0 Å². The van der Waals surface area contributed by atoms with Gasteiger partial charge in [-0.25, -0.2) is 0 Å². The summed E-state index contributed by atoms with van der Waals surface area (Å²) in [6, 6.07) is 0. The van der Waals surface area contributed by atoms with Crippen molar-refractivity contribution < 1.29 is 22.5 Å². The zero-order valence-electron chi connectivity index (χ0n) is 8.49. The topological polar surface area (TPSA) is 26.3 Å². The van der Waals surface area contributed by atoms with Crippen LogP contribution in [-0.4, -0.2) is 20.1 Å². The molecule has 0 amide bonds. The van der Waals surface area contributed by atoms with Crippen LogP contribution in [0.15, 0.2) is 0 Å². The molecule has 2 nitrogen and oxygen atoms in total. The highest BCUT2D eigenvalue weighted by atomic mass is 19.4. The number of halogens is 3. The molecule has 6 aliphatic carbocycles. The molecule has 0 saturated heterocycles. The SMILES string of the molecule is COC(=O)C12C3C4C1C1C2C3C41[B-](F)(F)F. The van der Waals surface area contributed by atoms with Crippen LogP contribution in [0.25, 0.3) is 0 Å². The van der Waals surface area contributed by atoms with Crippen molar-refractivity contribution >= 4 is 12.9 Å². The largest absolute Gasteiger partial charge is 0.485 e. The molecule has 6 saturated carbocycles. The van der Waals surface area contributed by atoms with Gasteiger partial charge in [-0.1, -0.05) is 23.1 Å². The van der Waals surface area contributed by atoms with E-state index in [1.165, 1.54) is 7.11 Å². The quantitative estimate of drug-likeness (QED) is 0.529. The Morgan fingerprint density at radius 1 is 1.06 bits per heavy atom. The fourth-order valence-corrected chi connectivity index (χ4v) is 6.85. The normalized spacial score (nSPS) is 70.0. The van der Waals surface area contributed by atoms with E-state index in [4.69, 9.17) is 4.74 Å². The fourth-order valence-electron chi connectivity index (χ4n) is 6.85. The second kappa shape index (κ2) is 1.64. The summed E-state index contributed by atoms with van der Waals surface area (Å²) in [5, 5.41) is -1.28. The molecule has 0 N–H and O–H groups in total. The van der Waals surface area contributed by atoms with Crippen LogP contribution in [0.5, 0.6) is 0 Å². The number of methoxy groups -OCH3 is 1. The summed E-state index contributed by atoms with van der Waals surface area (Å²) in [7, 11) is 1.34. The molecule has 0 aromatic carbocycles. The van der Waals surface area contributed by atoms with Crippen molar-refractivity contribution in [2.75, 3.05) is 7.11 Å². The maximum Gasteiger partial charge on any atom is 0.485 e. The average molecular weight is 229 g/mol. The van der Waals surface area contributed by atoms with E-state index in [0.717, 1.165) is 0 Å². The Bertz CT molecular complexity index is 418. The second-order valence-electron chi connectivity index (χ2n) is 6.15. The van der Waals surface area contributed by atoms with E-state index in [9.17, 15) is 17.7 Å². The van der Waals surface area contributed by atoms with E-state index >= 15 is 0 Å². The molecule has 6 aliphatic rings. The van der Waals surface area contributed by atoms with Gasteiger partial charge < -0.3 is 17.7 Å². The smallest absolute Gasteiger partial charge is 0.469 e. The third-order valence-corrected chi connectivity index (χ3v) is 6.81. The molecule has 0 aromatic heterocycles. The standard InChI is InChI=1S/C10H9BF3O2/c1-16-8(15)9-2-5-3(9)7-4(9)6(2)10(5,7)11(12,13)14/h2-7H,1H3/q-1. The third kappa shape index (κ3) is 0.347. The number of carbonyl (C=O) groups is 1. The lowest BCUT2D eigenvalue weighted by Crippen LogP contribution is -3.10. The number of rotatable bonds is 2. The van der Waals surface area contributed by atoms with Crippen LogP contribution < -0.4 is 0 Å². The lowest BCUT2D eigenvalue weighted by atomic mass is 8.88. The monoisotopic (exact) mass is 229 g/mol. The summed E-state index contributed by atoms with van der Waals surface area (Å²) in [5.41, 5.74) is -0.433. The van der Waals surface area contributed by atoms with E-state index in [2.05, 4.69) is 0 Å². The summed E-state index contributed by atoms with van der Waals surface area (Å²) in [5.74, 6) is -0.751. The number of esters is 1. The number of ether oxygens (including phenoxy) is 1. The van der Waals surface area contributed by atoms with Crippen LogP contribution in [0.3, 0.4) is 0 Å². The van der Waals surface area contributed by atoms with E-state index in [1.807, 2.05) is 0 Å². The maximum absolute atomic E-state index is 13.0. The lowest BCUT2D eigenvalue weighted by molar-refractivity contribution is -0.593. The van der Waals surface area contributed by atoms with Gasteiger partial charge in [0.15, 0.2) is 0 Å². The molecular formula is C10H9BF3O2-. The van der Waals surface area contributed by atoms with Crippen molar-refractivity contribution in [1.82, 2.24) is 0 Å². The summed E-state index contributed by atoms with van der Waals surface area (Å²) < 4.78 is 43.8. The van der Waals surface area contributed by atoms with Gasteiger partial charge in [-0.3, -0.25) is 4.79 Å². The summed E-state index contributed by atoms with van der Waals surface area (Å²) in [6.07, 6.45) is 0. The molecule has 86 valence electrons. The van der Waals surface area contributed by atoms with Gasteiger partial charge in [0, 0.05) is 0 Å². The van der Waals surface area contributed by atoms with Crippen LogP contribution in [0, 0.1) is 40.9 Å². The van der Waals surface area contributed by atoms with Crippen molar-refractivity contribution in [2.45, 2.75) is 5.31 Å². The highest BCUT2D eigenvalue weighted by Crippen LogP contribution is 3.14. The maximum atomic E-state index is 13.0. The number of carbonyl (C=O) groups excluding carboxylic acids is 1. The highest BCUT2D eigenvalue weighted by molar-refractivity contribution is 6.64. The molecule has 16 heavy (non-hydrogen) atoms. The molecule has 0 atom stereocenters. The molecule has 0 aromatic rings. The van der Waals surface area contributed by atoms with Crippen molar-refractivity contribution in [1.29, 1.82) is 0 Å². The van der Waals surface area contributed by atoms with Gasteiger partial charge >= 0.3 is 12.9 Å². The van der Waals surface area contributed by atoms with Crippen molar-refractivity contribution in [3.63, 3.8) is 0 Å². The van der Waals surface area contributed by atoms with E-state index < -0.39 is 17.7 Å². The number of hydrogen-bond donors (Lipinski definition) is 0. The van der Waals surface area contributed by atoms with Gasteiger partial charge in [0.25, 0.3) is 0 Å². The Labute approximate surface area is 89.6 Å². The molecule has 0 spiro atoms. The van der Waals surface area contributed by atoms with Crippen LogP contribution in [0.1, 0.15) is 0 Å². The first-order valence-corrected chi connectivity index (χ1v) is 5.74. The van der Waals surface area contributed by atoms with Gasteiger partial charge in [0.1, 0.15) is 0 Å². The van der Waals surface area contributed by atoms with Crippen LogP contribution in [0.2, 0.25) is 5.31 Å². The molecular weight excluding hydrogens is 220 g/mol. The zero-order chi connectivity index (χ0) is 11.2. The molecule has 6 rings (SSSR count). The summed E-state index contributed by atoms with van der Waals surface area (Å²) in [4.78, 5) is 11.7. The molecule has 6 heteroatoms. The first kappa shape index (κ1) is 8.42. The fraction of sp³-hybridized carbons (Fsp3) is 0.900. The van der Waals surface area contributed by atoms with Crippen LogP contribution in [0.4, 0.5) is 12.9 Å². The second-order valence-corrected chi connectivity index (χ2v) is 6.15. The minimum absolute atomic E-state index is 0.0310. The predicted octanol–water partition coefficient (Wildman–Crippen LogP) is 1.50. The minimum Gasteiger partial charge on any atom is -0.469 e. The van der Waals surface area contributed by atoms with Gasteiger partial charge in [0.2, 0.25) is 0 Å². The van der Waals surface area contributed by atoms with Gasteiger partial charge in [-0.2, -0.15) is 0 Å². The first-order valence-electron chi connectivity index (χ1n) is 5.74. The molecule has 0 heterocycles. The van der Waals surface area contributed by atoms with Crippen molar-refractivity contribution in [2.24, 2.45) is 40.9 Å². The average Bonchev–Trinajstić information content (AvgIpc) is 2.26. The Morgan fingerprint density at radius 3 is 1.81 bits per heavy atom. The van der Waals surface area contributed by atoms with Gasteiger partial charge in [-0.15, -0.1) is 0 Å². The Hall–Kier alpha value is -0.675. The molecule has 0 aliphatic heterocycles. The highest BCUT2D eigenvalue weighted by Gasteiger charge is 3.12. The lowest BCUT2D eigenvalue weighted by Gasteiger charge is -3.12. The molecule has 0 unspecified atom stereocenters. The van der Waals surface area contributed by atoms with E-state index in [-0.39, 0.29) is 41.5 Å². The third-order valence-electron chi connectivity index (χ3n) is 6.81. The predicted molar refractivity (Wildman–Crippen MR) is 47.2 cm³/mol. The summed E-state index contributed by atoms with van der Waals surface area (Å²) in [6.45, 7) is -4.70. The van der Waals surface area contributed by atoms with Crippen LogP contribution in [-0.2, 0) is 9.53 Å². The first-order chi connectivity index (χ1) is 7.46.